The largest absolute Gasteiger partial charge is 0.330 e. The molecule has 0 aromatic rings. The van der Waals surface area contributed by atoms with Crippen molar-refractivity contribution in [3.63, 3.8) is 0 Å². The Kier molecular flexibility index (Phi) is 0.865. The Hall–Kier alpha value is -1.39. The molecule has 5 nitrogen and oxygen atoms in total. The lowest BCUT2D eigenvalue weighted by molar-refractivity contribution is -0.137. The van der Waals surface area contributed by atoms with Gasteiger partial charge in [0.15, 0.2) is 0 Å². The van der Waals surface area contributed by atoms with E-state index in [1.807, 2.05) is 0 Å². The van der Waals surface area contributed by atoms with E-state index in [1.165, 1.54) is 0 Å². The molecule has 0 unspecified atom stereocenters. The molecule has 1 N–H and O–H groups in total. The third kappa shape index (κ3) is 1.44. The summed E-state index contributed by atoms with van der Waals surface area (Å²) < 4.78 is 42.8. The molecule has 0 spiro atoms. The summed E-state index contributed by atoms with van der Waals surface area (Å²) in [6.07, 6.45) is -0.756. The van der Waals surface area contributed by atoms with Crippen molar-refractivity contribution in [3.05, 3.63) is 0 Å². The molecule has 12 heavy (non-hydrogen) atoms. The average Bonchev–Trinajstić information content (AvgIpc) is 2.06. The van der Waals surface area contributed by atoms with Gasteiger partial charge in [0.25, 0.3) is 0 Å². The minimum atomic E-state index is -3.07. The minimum Gasteiger partial charge on any atom is -0.277 e. The Morgan fingerprint density at radius 1 is 1.50 bits per heavy atom. The maximum Gasteiger partial charge on any atom is 0.330 e. The molecule has 1 heterocycles. The predicted octanol–water partition coefficient (Wildman–Crippen LogP) is -0.137. The van der Waals surface area contributed by atoms with Crippen molar-refractivity contribution in [2.45, 2.75) is 26.2 Å². The second-order valence-electron chi connectivity index (χ2n) is 2.20. The van der Waals surface area contributed by atoms with Gasteiger partial charge in [-0.05, 0) is 13.7 Å². The standard InChI is InChI=1S/C7H10N2O3/c1-4(2)9-6(11)3-5(10)8-7(9)12/h4H,3H2,1-2H3,(H,8,10,12)/i1D3,2D3. The molecular weight excluding hydrogens is 160 g/mol. The Morgan fingerprint density at radius 2 is 2.17 bits per heavy atom. The van der Waals surface area contributed by atoms with Crippen LogP contribution < -0.4 is 5.32 Å². The number of carbonyl (C=O) groups excluding carboxylic acids is 3. The van der Waals surface area contributed by atoms with Crippen molar-refractivity contribution in [1.29, 1.82) is 0 Å². The summed E-state index contributed by atoms with van der Waals surface area (Å²) in [5.41, 5.74) is 0. The van der Waals surface area contributed by atoms with E-state index in [9.17, 15) is 14.4 Å². The smallest absolute Gasteiger partial charge is 0.277 e. The van der Waals surface area contributed by atoms with Crippen LogP contribution in [0.1, 0.15) is 28.3 Å². The molecule has 0 atom stereocenters. The lowest BCUT2D eigenvalue weighted by Crippen LogP contribution is -2.55. The van der Waals surface area contributed by atoms with Gasteiger partial charge in [-0.1, -0.05) is 0 Å². The molecular formula is C7H10N2O3. The average molecular weight is 176 g/mol. The maximum atomic E-state index is 11.5. The molecule has 1 aliphatic rings. The summed E-state index contributed by atoms with van der Waals surface area (Å²) in [7, 11) is 0. The molecule has 1 saturated heterocycles. The highest BCUT2D eigenvalue weighted by Crippen LogP contribution is 2.06. The van der Waals surface area contributed by atoms with Gasteiger partial charge in [0.2, 0.25) is 11.8 Å². The van der Waals surface area contributed by atoms with Crippen LogP contribution in [0.5, 0.6) is 0 Å². The Balaban J connectivity index is 3.18. The summed E-state index contributed by atoms with van der Waals surface area (Å²) in [5, 5.41) is 1.71. The number of hydrogen-bond donors (Lipinski definition) is 1. The summed E-state index contributed by atoms with van der Waals surface area (Å²) in [6.45, 7) is -6.14. The van der Waals surface area contributed by atoms with E-state index in [2.05, 4.69) is 0 Å². The molecule has 1 fully saturated rings. The first-order valence-electron chi connectivity index (χ1n) is 6.10. The number of amides is 4. The Bertz CT molecular complexity index is 367. The number of urea groups is 1. The minimum absolute atomic E-state index is 0.0847. The summed E-state index contributed by atoms with van der Waals surface area (Å²) in [6, 6.07) is -3.60. The second kappa shape index (κ2) is 2.92. The molecule has 0 saturated carbocycles. The Labute approximate surface area is 78.1 Å². The summed E-state index contributed by atoms with van der Waals surface area (Å²) >= 11 is 0. The predicted molar refractivity (Wildman–Crippen MR) is 40.1 cm³/mol. The molecule has 1 rings (SSSR count). The van der Waals surface area contributed by atoms with E-state index >= 15 is 0 Å². The van der Waals surface area contributed by atoms with E-state index in [0.717, 1.165) is 0 Å². The molecule has 0 bridgehead atoms. The lowest BCUT2D eigenvalue weighted by Gasteiger charge is -2.27. The fourth-order valence-corrected chi connectivity index (χ4v) is 0.821. The van der Waals surface area contributed by atoms with Gasteiger partial charge in [0, 0.05) is 14.3 Å². The zero-order valence-electron chi connectivity index (χ0n) is 12.0. The lowest BCUT2D eigenvalue weighted by atomic mass is 10.2. The van der Waals surface area contributed by atoms with Gasteiger partial charge >= 0.3 is 6.03 Å². The van der Waals surface area contributed by atoms with E-state index in [-0.39, 0.29) is 4.90 Å². The summed E-state index contributed by atoms with van der Waals surface area (Å²) in [5.74, 6) is -2.03. The molecule has 0 aliphatic carbocycles. The van der Waals surface area contributed by atoms with Gasteiger partial charge in [0.05, 0.1) is 0 Å². The molecule has 0 radical (unpaired) electrons. The van der Waals surface area contributed by atoms with Crippen LogP contribution in [0.4, 0.5) is 4.79 Å². The zero-order chi connectivity index (χ0) is 14.3. The molecule has 0 aromatic carbocycles. The van der Waals surface area contributed by atoms with Gasteiger partial charge in [-0.2, -0.15) is 0 Å². The topological polar surface area (TPSA) is 66.5 Å². The third-order valence-electron chi connectivity index (χ3n) is 1.30. The first kappa shape index (κ1) is 3.55. The normalized spacial score (nSPS) is 28.1. The fraction of sp³-hybridized carbons (Fsp3) is 0.571. The van der Waals surface area contributed by atoms with E-state index in [4.69, 9.17) is 8.22 Å². The van der Waals surface area contributed by atoms with Crippen LogP contribution in [0, 0.1) is 0 Å². The van der Waals surface area contributed by atoms with Crippen LogP contribution >= 0.6 is 0 Å². The maximum absolute atomic E-state index is 11.5. The number of imide groups is 2. The summed E-state index contributed by atoms with van der Waals surface area (Å²) in [4.78, 5) is 33.9. The number of hydrogen-bond acceptors (Lipinski definition) is 3. The third-order valence-corrected chi connectivity index (χ3v) is 1.30. The molecule has 5 heteroatoms. The van der Waals surface area contributed by atoms with Crippen molar-refractivity contribution in [2.75, 3.05) is 0 Å². The van der Waals surface area contributed by atoms with Crippen LogP contribution in [0.2, 0.25) is 0 Å². The first-order chi connectivity index (χ1) is 7.94. The van der Waals surface area contributed by atoms with Crippen LogP contribution in [0.3, 0.4) is 0 Å². The highest BCUT2D eigenvalue weighted by molar-refractivity contribution is 6.14. The van der Waals surface area contributed by atoms with Gasteiger partial charge in [0.1, 0.15) is 6.42 Å². The van der Waals surface area contributed by atoms with Crippen LogP contribution in [0.15, 0.2) is 0 Å². The Morgan fingerprint density at radius 3 is 2.67 bits per heavy atom. The number of rotatable bonds is 1. The fourth-order valence-electron chi connectivity index (χ4n) is 0.821. The zero-order valence-corrected chi connectivity index (χ0v) is 5.96. The molecule has 1 aliphatic heterocycles. The van der Waals surface area contributed by atoms with E-state index in [0.29, 0.717) is 0 Å². The highest BCUT2D eigenvalue weighted by Gasteiger charge is 2.32. The van der Waals surface area contributed by atoms with Gasteiger partial charge in [-0.3, -0.25) is 19.8 Å². The van der Waals surface area contributed by atoms with Crippen molar-refractivity contribution in [1.82, 2.24) is 10.2 Å². The quantitative estimate of drug-likeness (QED) is 0.565. The number of carbonyl (C=O) groups is 3. The van der Waals surface area contributed by atoms with Crippen molar-refractivity contribution in [2.24, 2.45) is 0 Å². The van der Waals surface area contributed by atoms with Crippen molar-refractivity contribution >= 4 is 17.8 Å². The SMILES string of the molecule is [2H]C([2H])([2H])C(N1C(=O)CC(=O)NC1=O)C([2H])([2H])[2H]. The van der Waals surface area contributed by atoms with E-state index < -0.39 is 44.0 Å². The molecule has 4 amide bonds. The van der Waals surface area contributed by atoms with Gasteiger partial charge in [-0.25, -0.2) is 4.79 Å². The van der Waals surface area contributed by atoms with Gasteiger partial charge < -0.3 is 0 Å². The van der Waals surface area contributed by atoms with Crippen LogP contribution in [0.25, 0.3) is 0 Å². The van der Waals surface area contributed by atoms with Gasteiger partial charge in [-0.15, -0.1) is 0 Å². The van der Waals surface area contributed by atoms with Crippen molar-refractivity contribution < 1.29 is 22.6 Å². The first-order valence-corrected chi connectivity index (χ1v) is 3.10. The highest BCUT2D eigenvalue weighted by atomic mass is 16.2. The number of nitrogens with one attached hydrogen (secondary N) is 1. The molecule has 0 aromatic heterocycles. The monoisotopic (exact) mass is 176 g/mol. The number of nitrogens with zero attached hydrogens (tertiary/aromatic N) is 1. The molecule has 66 valence electrons. The number of barbiturate groups is 1. The van der Waals surface area contributed by atoms with Crippen LogP contribution in [-0.4, -0.2) is 28.8 Å². The van der Waals surface area contributed by atoms with Crippen LogP contribution in [-0.2, 0) is 9.59 Å². The second-order valence-corrected chi connectivity index (χ2v) is 2.20. The van der Waals surface area contributed by atoms with Crippen molar-refractivity contribution in [3.8, 4) is 0 Å². The van der Waals surface area contributed by atoms with E-state index in [1.54, 1.807) is 5.32 Å².